The lowest BCUT2D eigenvalue weighted by atomic mass is 10.2. The zero-order valence-electron chi connectivity index (χ0n) is 13.5. The quantitative estimate of drug-likeness (QED) is 0.855. The van der Waals surface area contributed by atoms with Crippen LogP contribution < -0.4 is 5.32 Å². The molecule has 0 aromatic heterocycles. The zero-order chi connectivity index (χ0) is 18.9. The number of carbonyl (C=O) groups is 1. The van der Waals surface area contributed by atoms with Gasteiger partial charge in [-0.25, -0.2) is 17.2 Å². The van der Waals surface area contributed by atoms with E-state index in [2.05, 4.69) is 5.32 Å². The number of amides is 1. The van der Waals surface area contributed by atoms with Crippen LogP contribution in [0.1, 0.15) is 12.8 Å². The van der Waals surface area contributed by atoms with Gasteiger partial charge in [-0.3, -0.25) is 4.79 Å². The van der Waals surface area contributed by atoms with Gasteiger partial charge in [0.25, 0.3) is 0 Å². The normalized spacial score (nSPS) is 18.0. The highest BCUT2D eigenvalue weighted by Crippen LogP contribution is 2.28. The second-order valence-corrected chi connectivity index (χ2v) is 8.09. The lowest BCUT2D eigenvalue weighted by Crippen LogP contribution is -2.43. The third-order valence-electron chi connectivity index (χ3n) is 4.12. The molecule has 138 valence electrons. The topological polar surface area (TPSA) is 66.5 Å². The zero-order valence-corrected chi connectivity index (χ0v) is 15.0. The van der Waals surface area contributed by atoms with E-state index < -0.39 is 38.5 Å². The number of hydrogen-bond donors (Lipinski definition) is 1. The average Bonchev–Trinajstić information content (AvgIpc) is 3.09. The van der Waals surface area contributed by atoms with Gasteiger partial charge in [0.1, 0.15) is 22.6 Å². The molecule has 2 aromatic carbocycles. The van der Waals surface area contributed by atoms with Crippen molar-refractivity contribution in [1.82, 2.24) is 4.31 Å². The summed E-state index contributed by atoms with van der Waals surface area (Å²) in [6.45, 7) is 0.110. The smallest absolute Gasteiger partial charge is 0.246 e. The maximum atomic E-state index is 13.9. The summed E-state index contributed by atoms with van der Waals surface area (Å²) in [7, 11) is -4.16. The molecule has 1 heterocycles. The van der Waals surface area contributed by atoms with Gasteiger partial charge in [-0.05, 0) is 43.2 Å². The van der Waals surface area contributed by atoms with Crippen molar-refractivity contribution in [3.63, 3.8) is 0 Å². The molecule has 26 heavy (non-hydrogen) atoms. The Morgan fingerprint density at radius 2 is 1.88 bits per heavy atom. The van der Waals surface area contributed by atoms with Crippen molar-refractivity contribution in [2.24, 2.45) is 0 Å². The third-order valence-corrected chi connectivity index (χ3v) is 6.35. The Morgan fingerprint density at radius 3 is 2.58 bits per heavy atom. The Labute approximate surface area is 154 Å². The molecule has 0 saturated carbocycles. The third kappa shape index (κ3) is 3.58. The largest absolute Gasteiger partial charge is 0.325 e. The number of halogens is 3. The predicted octanol–water partition coefficient (Wildman–Crippen LogP) is 3.41. The van der Waals surface area contributed by atoms with Crippen LogP contribution in [0.4, 0.5) is 14.5 Å². The van der Waals surface area contributed by atoms with Gasteiger partial charge >= 0.3 is 0 Å². The fourth-order valence-electron chi connectivity index (χ4n) is 2.87. The SMILES string of the molecule is O=C(Nc1ccc(F)c(Cl)c1)[C@@H]1CCCN1S(=O)(=O)c1ccccc1F. The van der Waals surface area contributed by atoms with Crippen LogP contribution in [0.15, 0.2) is 47.4 Å². The first-order valence-electron chi connectivity index (χ1n) is 7.83. The first-order chi connectivity index (χ1) is 12.3. The Kier molecular flexibility index (Phi) is 5.27. The van der Waals surface area contributed by atoms with E-state index in [1.807, 2.05) is 0 Å². The fourth-order valence-corrected chi connectivity index (χ4v) is 4.77. The van der Waals surface area contributed by atoms with Crippen molar-refractivity contribution in [3.05, 3.63) is 59.1 Å². The molecule has 1 fully saturated rings. The summed E-state index contributed by atoms with van der Waals surface area (Å²) in [6.07, 6.45) is 0.768. The number of carbonyl (C=O) groups excluding carboxylic acids is 1. The lowest BCUT2D eigenvalue weighted by Gasteiger charge is -2.23. The highest BCUT2D eigenvalue weighted by atomic mass is 35.5. The maximum absolute atomic E-state index is 13.9. The van der Waals surface area contributed by atoms with Crippen LogP contribution in [-0.4, -0.2) is 31.2 Å². The van der Waals surface area contributed by atoms with Crippen molar-refractivity contribution in [1.29, 1.82) is 0 Å². The standard InChI is InChI=1S/C17H15ClF2N2O3S/c18-12-10-11(7-8-13(12)19)21-17(23)15-5-3-9-22(15)26(24,25)16-6-2-1-4-14(16)20/h1-2,4,6-8,10,15H,3,5,9H2,(H,21,23)/t15-/m0/s1. The summed E-state index contributed by atoms with van der Waals surface area (Å²) < 4.78 is 53.7. The molecule has 1 amide bonds. The van der Waals surface area contributed by atoms with E-state index in [-0.39, 0.29) is 17.3 Å². The summed E-state index contributed by atoms with van der Waals surface area (Å²) in [6, 6.07) is 7.70. The Morgan fingerprint density at radius 1 is 1.15 bits per heavy atom. The second kappa shape index (κ2) is 7.30. The number of hydrogen-bond acceptors (Lipinski definition) is 3. The van der Waals surface area contributed by atoms with E-state index in [4.69, 9.17) is 11.6 Å². The number of nitrogens with one attached hydrogen (secondary N) is 1. The van der Waals surface area contributed by atoms with Gasteiger partial charge in [0.15, 0.2) is 0 Å². The van der Waals surface area contributed by atoms with Crippen LogP contribution in [0.25, 0.3) is 0 Å². The monoisotopic (exact) mass is 400 g/mol. The van der Waals surface area contributed by atoms with Crippen molar-refractivity contribution in [2.45, 2.75) is 23.8 Å². The molecule has 9 heteroatoms. The van der Waals surface area contributed by atoms with Crippen LogP contribution in [0.3, 0.4) is 0 Å². The minimum Gasteiger partial charge on any atom is -0.325 e. The number of rotatable bonds is 4. The molecular weight excluding hydrogens is 386 g/mol. The Hall–Kier alpha value is -2.03. The molecule has 1 N–H and O–H groups in total. The lowest BCUT2D eigenvalue weighted by molar-refractivity contribution is -0.119. The van der Waals surface area contributed by atoms with E-state index in [1.54, 1.807) is 0 Å². The van der Waals surface area contributed by atoms with Crippen molar-refractivity contribution >= 4 is 33.2 Å². The molecule has 0 bridgehead atoms. The fraction of sp³-hybridized carbons (Fsp3) is 0.235. The van der Waals surface area contributed by atoms with Crippen LogP contribution in [0.2, 0.25) is 5.02 Å². The van der Waals surface area contributed by atoms with Crippen LogP contribution in [0.5, 0.6) is 0 Å². The summed E-state index contributed by atoms with van der Waals surface area (Å²) in [5, 5.41) is 2.37. The van der Waals surface area contributed by atoms with Crippen LogP contribution in [0, 0.1) is 11.6 Å². The van der Waals surface area contributed by atoms with Crippen molar-refractivity contribution < 1.29 is 22.0 Å². The molecule has 2 aromatic rings. The van der Waals surface area contributed by atoms with Gasteiger partial charge in [-0.2, -0.15) is 4.31 Å². The second-order valence-electron chi connectivity index (χ2n) is 5.82. The molecule has 1 aliphatic heterocycles. The number of nitrogens with zero attached hydrogens (tertiary/aromatic N) is 1. The van der Waals surface area contributed by atoms with Crippen LogP contribution >= 0.6 is 11.6 Å². The minimum atomic E-state index is -4.16. The minimum absolute atomic E-state index is 0.110. The van der Waals surface area contributed by atoms with Crippen molar-refractivity contribution in [3.8, 4) is 0 Å². The van der Waals surface area contributed by atoms with E-state index in [9.17, 15) is 22.0 Å². The maximum Gasteiger partial charge on any atom is 0.246 e. The molecular formula is C17H15ClF2N2O3S. The Balaban J connectivity index is 1.84. The van der Waals surface area contributed by atoms with Gasteiger partial charge in [-0.1, -0.05) is 23.7 Å². The summed E-state index contributed by atoms with van der Waals surface area (Å²) in [4.78, 5) is 12.1. The summed E-state index contributed by atoms with van der Waals surface area (Å²) in [5.74, 6) is -2.08. The molecule has 0 radical (unpaired) electrons. The van der Waals surface area contributed by atoms with Gasteiger partial charge < -0.3 is 5.32 Å². The van der Waals surface area contributed by atoms with Gasteiger partial charge in [0.2, 0.25) is 15.9 Å². The van der Waals surface area contributed by atoms with Crippen molar-refractivity contribution in [2.75, 3.05) is 11.9 Å². The first kappa shape index (κ1) is 18.8. The molecule has 1 saturated heterocycles. The van der Waals surface area contributed by atoms with E-state index >= 15 is 0 Å². The number of sulfonamides is 1. The first-order valence-corrected chi connectivity index (χ1v) is 9.65. The highest BCUT2D eigenvalue weighted by molar-refractivity contribution is 7.89. The highest BCUT2D eigenvalue weighted by Gasteiger charge is 2.40. The molecule has 0 unspecified atom stereocenters. The predicted molar refractivity (Wildman–Crippen MR) is 93.4 cm³/mol. The van der Waals surface area contributed by atoms with Gasteiger partial charge in [-0.15, -0.1) is 0 Å². The summed E-state index contributed by atoms with van der Waals surface area (Å²) >= 11 is 5.68. The number of benzene rings is 2. The summed E-state index contributed by atoms with van der Waals surface area (Å²) in [5.41, 5.74) is 0.247. The van der Waals surface area contributed by atoms with Gasteiger partial charge in [0.05, 0.1) is 5.02 Å². The van der Waals surface area contributed by atoms with E-state index in [0.717, 1.165) is 22.5 Å². The Bertz CT molecular complexity index is 953. The molecule has 0 spiro atoms. The van der Waals surface area contributed by atoms with E-state index in [1.165, 1.54) is 24.3 Å². The average molecular weight is 401 g/mol. The number of anilines is 1. The molecule has 0 aliphatic carbocycles. The van der Waals surface area contributed by atoms with Crippen LogP contribution in [-0.2, 0) is 14.8 Å². The molecule has 5 nitrogen and oxygen atoms in total. The van der Waals surface area contributed by atoms with Gasteiger partial charge in [0, 0.05) is 12.2 Å². The molecule has 3 rings (SSSR count). The molecule has 1 aliphatic rings. The molecule has 1 atom stereocenters. The van der Waals surface area contributed by atoms with E-state index in [0.29, 0.717) is 12.8 Å².